The molecule has 1 rings (SSSR count). The first-order valence-corrected chi connectivity index (χ1v) is 8.10. The topological polar surface area (TPSA) is 81.9 Å². The van der Waals surface area contributed by atoms with Crippen LogP contribution in [0.5, 0.6) is 11.5 Å². The normalized spacial score (nSPS) is 12.7. The third kappa shape index (κ3) is 6.14. The molecule has 0 aliphatic carbocycles. The molecule has 0 unspecified atom stereocenters. The second-order valence-corrected chi connectivity index (χ2v) is 6.99. The van der Waals surface area contributed by atoms with E-state index in [2.05, 4.69) is 20.8 Å². The molecule has 0 heterocycles. The maximum atomic E-state index is 12.3. The molecule has 0 aliphatic heterocycles. The Hall–Kier alpha value is -2.50. The zero-order valence-corrected chi connectivity index (χ0v) is 15.8. The number of likely N-dealkylation sites (N-methyl/N-ethyl adjacent to an activating group) is 1. The van der Waals surface area contributed by atoms with Crippen LogP contribution in [-0.2, 0) is 9.59 Å². The third-order valence-electron chi connectivity index (χ3n) is 4.16. The number of amides is 2. The maximum absolute atomic E-state index is 12.3. The highest BCUT2D eigenvalue weighted by molar-refractivity contribution is 5.92. The molecule has 0 saturated carbocycles. The van der Waals surface area contributed by atoms with Crippen molar-refractivity contribution in [3.05, 3.63) is 29.8 Å². The van der Waals surface area contributed by atoms with Gasteiger partial charge in [-0.15, -0.1) is 0 Å². The van der Waals surface area contributed by atoms with Gasteiger partial charge in [-0.25, -0.2) is 0 Å². The summed E-state index contributed by atoms with van der Waals surface area (Å²) >= 11 is 0. The van der Waals surface area contributed by atoms with Gasteiger partial charge in [0, 0.05) is 19.2 Å². The Morgan fingerprint density at radius 2 is 1.92 bits per heavy atom. The number of nitrogens with two attached hydrogens (primary N) is 1. The van der Waals surface area contributed by atoms with Crippen molar-refractivity contribution in [2.45, 2.75) is 33.7 Å². The van der Waals surface area contributed by atoms with Crippen LogP contribution < -0.4 is 15.2 Å². The van der Waals surface area contributed by atoms with Gasteiger partial charge in [-0.3, -0.25) is 9.59 Å². The van der Waals surface area contributed by atoms with Crippen molar-refractivity contribution in [1.29, 1.82) is 0 Å². The molecule has 2 amide bonds. The molecule has 2 N–H and O–H groups in total. The molecule has 1 atom stereocenters. The lowest BCUT2D eigenvalue weighted by atomic mass is 9.87. The summed E-state index contributed by atoms with van der Waals surface area (Å²) in [4.78, 5) is 24.9. The number of nitrogens with zero attached hydrogens (tertiary/aromatic N) is 1. The summed E-state index contributed by atoms with van der Waals surface area (Å²) in [5.41, 5.74) is 5.85. The van der Waals surface area contributed by atoms with Crippen LogP contribution in [0.1, 0.15) is 33.3 Å². The van der Waals surface area contributed by atoms with Crippen molar-refractivity contribution in [2.24, 2.45) is 11.1 Å². The van der Waals surface area contributed by atoms with Crippen LogP contribution >= 0.6 is 0 Å². The van der Waals surface area contributed by atoms with Gasteiger partial charge in [0.2, 0.25) is 5.91 Å². The van der Waals surface area contributed by atoms with Gasteiger partial charge < -0.3 is 20.1 Å². The lowest BCUT2D eigenvalue weighted by molar-refractivity contribution is -0.128. The van der Waals surface area contributed by atoms with Crippen LogP contribution in [0.3, 0.4) is 0 Å². The minimum atomic E-state index is -0.562. The highest BCUT2D eigenvalue weighted by Crippen LogP contribution is 2.28. The Morgan fingerprint density at radius 3 is 2.44 bits per heavy atom. The van der Waals surface area contributed by atoms with Gasteiger partial charge in [0.25, 0.3) is 5.91 Å². The Bertz CT molecular complexity index is 647. The van der Waals surface area contributed by atoms with Crippen LogP contribution in [0.25, 0.3) is 6.08 Å². The van der Waals surface area contributed by atoms with E-state index in [1.54, 1.807) is 36.2 Å². The zero-order valence-electron chi connectivity index (χ0n) is 15.8. The summed E-state index contributed by atoms with van der Waals surface area (Å²) < 4.78 is 10.5. The molecule has 6 heteroatoms. The second kappa shape index (κ2) is 8.55. The number of carbonyl (C=O) groups is 2. The molecular formula is C19H28N2O4. The molecular weight excluding hydrogens is 320 g/mol. The second-order valence-electron chi connectivity index (χ2n) is 6.99. The smallest absolute Gasteiger partial charge is 0.255 e. The molecule has 0 spiro atoms. The molecule has 6 nitrogen and oxygen atoms in total. The lowest BCUT2D eigenvalue weighted by Gasteiger charge is -2.34. The van der Waals surface area contributed by atoms with Crippen molar-refractivity contribution in [3.8, 4) is 11.5 Å². The minimum absolute atomic E-state index is 0.000877. The molecule has 138 valence electrons. The van der Waals surface area contributed by atoms with E-state index in [0.29, 0.717) is 11.5 Å². The van der Waals surface area contributed by atoms with Crippen LogP contribution in [0.2, 0.25) is 0 Å². The molecule has 25 heavy (non-hydrogen) atoms. The minimum Gasteiger partial charge on any atom is -0.493 e. The first-order chi connectivity index (χ1) is 11.6. The number of carbonyl (C=O) groups excluding carboxylic acids is 2. The van der Waals surface area contributed by atoms with Crippen LogP contribution in [0, 0.1) is 5.41 Å². The number of primary amides is 1. The van der Waals surface area contributed by atoms with Gasteiger partial charge in [-0.2, -0.15) is 0 Å². The molecule has 1 aromatic carbocycles. The predicted octanol–water partition coefficient (Wildman–Crippen LogP) is 2.47. The number of rotatable bonds is 7. The molecule has 0 bridgehead atoms. The Labute approximate surface area is 149 Å². The van der Waals surface area contributed by atoms with E-state index in [9.17, 15) is 9.59 Å². The van der Waals surface area contributed by atoms with Gasteiger partial charge >= 0.3 is 0 Å². The number of hydrogen-bond acceptors (Lipinski definition) is 4. The Morgan fingerprint density at radius 1 is 1.28 bits per heavy atom. The van der Waals surface area contributed by atoms with E-state index >= 15 is 0 Å². The molecule has 0 radical (unpaired) electrons. The largest absolute Gasteiger partial charge is 0.493 e. The van der Waals surface area contributed by atoms with Crippen LogP contribution in [0.15, 0.2) is 24.3 Å². The average Bonchev–Trinajstić information content (AvgIpc) is 2.55. The SMILES string of the molecule is COc1cc(/C=C/C(=O)N(C)[C@@H](C)C(C)(C)C)ccc1OCC(N)=O. The first-order valence-electron chi connectivity index (χ1n) is 8.10. The quantitative estimate of drug-likeness (QED) is 0.768. The van der Waals surface area contributed by atoms with Crippen LogP contribution in [-0.4, -0.2) is 43.5 Å². The summed E-state index contributed by atoms with van der Waals surface area (Å²) in [6.45, 7) is 8.10. The fraction of sp³-hybridized carbons (Fsp3) is 0.474. The summed E-state index contributed by atoms with van der Waals surface area (Å²) in [6.07, 6.45) is 3.25. The van der Waals surface area contributed by atoms with E-state index in [1.165, 1.54) is 13.2 Å². The zero-order chi connectivity index (χ0) is 19.2. The molecule has 0 aliphatic rings. The first kappa shape index (κ1) is 20.5. The van der Waals surface area contributed by atoms with Gasteiger partial charge in [0.1, 0.15) is 0 Å². The molecule has 1 aromatic rings. The molecule has 0 saturated heterocycles. The third-order valence-corrected chi connectivity index (χ3v) is 4.16. The van der Waals surface area contributed by atoms with Gasteiger partial charge in [0.15, 0.2) is 18.1 Å². The Balaban J connectivity index is 2.86. The highest BCUT2D eigenvalue weighted by atomic mass is 16.5. The standard InChI is InChI=1S/C19H28N2O4/c1-13(19(2,3)4)21(5)18(23)10-8-14-7-9-15(16(11-14)24-6)25-12-17(20)22/h7-11,13H,12H2,1-6H3,(H2,20,22)/b10-8+/t13-/m0/s1. The number of hydrogen-bond donors (Lipinski definition) is 1. The number of methoxy groups -OCH3 is 1. The van der Waals surface area contributed by atoms with Gasteiger partial charge in [-0.05, 0) is 36.1 Å². The maximum Gasteiger partial charge on any atom is 0.255 e. The van der Waals surface area contributed by atoms with Crippen molar-refractivity contribution in [3.63, 3.8) is 0 Å². The summed E-state index contributed by atoms with van der Waals surface area (Å²) in [6, 6.07) is 5.28. The monoisotopic (exact) mass is 348 g/mol. The summed E-state index contributed by atoms with van der Waals surface area (Å²) in [7, 11) is 3.30. The lowest BCUT2D eigenvalue weighted by Crippen LogP contribution is -2.42. The number of benzene rings is 1. The van der Waals surface area contributed by atoms with Crippen molar-refractivity contribution >= 4 is 17.9 Å². The molecule has 0 aromatic heterocycles. The van der Waals surface area contributed by atoms with E-state index in [0.717, 1.165) is 5.56 Å². The predicted molar refractivity (Wildman–Crippen MR) is 98.4 cm³/mol. The Kier molecular flexibility index (Phi) is 7.03. The molecule has 0 fully saturated rings. The average molecular weight is 348 g/mol. The summed E-state index contributed by atoms with van der Waals surface area (Å²) in [5.74, 6) is 0.249. The van der Waals surface area contributed by atoms with Crippen LogP contribution in [0.4, 0.5) is 0 Å². The highest BCUT2D eigenvalue weighted by Gasteiger charge is 2.25. The van der Waals surface area contributed by atoms with Gasteiger partial charge in [0.05, 0.1) is 7.11 Å². The van der Waals surface area contributed by atoms with E-state index in [1.807, 2.05) is 6.92 Å². The van der Waals surface area contributed by atoms with E-state index in [4.69, 9.17) is 15.2 Å². The summed E-state index contributed by atoms with van der Waals surface area (Å²) in [5, 5.41) is 0. The van der Waals surface area contributed by atoms with Gasteiger partial charge in [-0.1, -0.05) is 26.8 Å². The fourth-order valence-corrected chi connectivity index (χ4v) is 2.11. The van der Waals surface area contributed by atoms with E-state index < -0.39 is 5.91 Å². The van der Waals surface area contributed by atoms with Crippen molar-refractivity contribution < 1.29 is 19.1 Å². The fourth-order valence-electron chi connectivity index (χ4n) is 2.11. The van der Waals surface area contributed by atoms with Crippen molar-refractivity contribution in [2.75, 3.05) is 20.8 Å². The van der Waals surface area contributed by atoms with Crippen molar-refractivity contribution in [1.82, 2.24) is 4.90 Å². The number of ether oxygens (including phenoxy) is 2. The van der Waals surface area contributed by atoms with E-state index in [-0.39, 0.29) is 24.0 Å².